The van der Waals surface area contributed by atoms with Crippen molar-refractivity contribution in [3.8, 4) is 6.07 Å². The summed E-state index contributed by atoms with van der Waals surface area (Å²) in [5.74, 6) is 0.507. The van der Waals surface area contributed by atoms with Crippen LogP contribution in [0.3, 0.4) is 0 Å². The summed E-state index contributed by atoms with van der Waals surface area (Å²) >= 11 is 1.60. The number of thiazole rings is 1. The average Bonchev–Trinajstić information content (AvgIpc) is 3.26. The molecule has 1 fully saturated rings. The summed E-state index contributed by atoms with van der Waals surface area (Å²) in [6.07, 6.45) is 2.26. The quantitative estimate of drug-likeness (QED) is 0.669. The molecular formula is C15H14N4O2S. The molecule has 1 aliphatic carbocycles. The van der Waals surface area contributed by atoms with Gasteiger partial charge in [0, 0.05) is 23.2 Å². The lowest BCUT2D eigenvalue weighted by molar-refractivity contribution is -0.384. The van der Waals surface area contributed by atoms with Crippen molar-refractivity contribution in [3.05, 3.63) is 50.0 Å². The summed E-state index contributed by atoms with van der Waals surface area (Å²) in [7, 11) is 0. The summed E-state index contributed by atoms with van der Waals surface area (Å²) in [6, 6.07) is 6.42. The second-order valence-corrected chi connectivity index (χ2v) is 6.28. The van der Waals surface area contributed by atoms with E-state index in [0.717, 1.165) is 23.5 Å². The van der Waals surface area contributed by atoms with E-state index in [0.29, 0.717) is 11.6 Å². The fraction of sp³-hybridized carbons (Fsp3) is 0.333. The van der Waals surface area contributed by atoms with E-state index < -0.39 is 4.92 Å². The summed E-state index contributed by atoms with van der Waals surface area (Å²) in [5, 5.41) is 26.4. The fourth-order valence-corrected chi connectivity index (χ4v) is 3.30. The Bertz CT molecular complexity index is 761. The second-order valence-electron chi connectivity index (χ2n) is 5.39. The Morgan fingerprint density at radius 3 is 2.86 bits per heavy atom. The van der Waals surface area contributed by atoms with Crippen molar-refractivity contribution in [1.82, 2.24) is 4.98 Å². The van der Waals surface area contributed by atoms with Gasteiger partial charge in [-0.3, -0.25) is 10.1 Å². The molecule has 2 aromatic rings. The molecule has 0 aliphatic heterocycles. The van der Waals surface area contributed by atoms with Gasteiger partial charge in [0.05, 0.1) is 22.2 Å². The minimum atomic E-state index is -0.493. The molecule has 0 amide bonds. The molecule has 1 atom stereocenters. The maximum Gasteiger partial charge on any atom is 0.270 e. The number of aryl methyl sites for hydroxylation is 1. The van der Waals surface area contributed by atoms with E-state index >= 15 is 0 Å². The zero-order valence-electron chi connectivity index (χ0n) is 11.9. The van der Waals surface area contributed by atoms with Crippen LogP contribution in [0.2, 0.25) is 0 Å². The van der Waals surface area contributed by atoms with Crippen LogP contribution < -0.4 is 5.32 Å². The number of nitrogens with one attached hydrogen (secondary N) is 1. The van der Waals surface area contributed by atoms with Crippen molar-refractivity contribution < 1.29 is 4.92 Å². The number of hydrogen-bond donors (Lipinski definition) is 1. The molecular weight excluding hydrogens is 300 g/mol. The van der Waals surface area contributed by atoms with Gasteiger partial charge in [-0.25, -0.2) is 4.98 Å². The molecule has 0 saturated heterocycles. The molecule has 1 aromatic heterocycles. The normalized spacial score (nSPS) is 15.1. The molecule has 1 saturated carbocycles. The first kappa shape index (κ1) is 14.5. The molecule has 0 bridgehead atoms. The molecule has 0 unspecified atom stereocenters. The lowest BCUT2D eigenvalue weighted by Crippen LogP contribution is -2.13. The molecule has 3 rings (SSSR count). The van der Waals surface area contributed by atoms with E-state index in [1.807, 2.05) is 18.4 Å². The Morgan fingerprint density at radius 2 is 2.32 bits per heavy atom. The van der Waals surface area contributed by atoms with Crippen LogP contribution in [-0.2, 0) is 0 Å². The largest absolute Gasteiger partial charge is 0.374 e. The van der Waals surface area contributed by atoms with Gasteiger partial charge in [-0.2, -0.15) is 5.26 Å². The predicted octanol–water partition coefficient (Wildman–Crippen LogP) is 3.79. The van der Waals surface area contributed by atoms with Gasteiger partial charge in [0.15, 0.2) is 0 Å². The molecule has 0 radical (unpaired) electrons. The third kappa shape index (κ3) is 2.92. The van der Waals surface area contributed by atoms with Gasteiger partial charge in [-0.1, -0.05) is 0 Å². The Morgan fingerprint density at radius 1 is 1.55 bits per heavy atom. The topological polar surface area (TPSA) is 91.9 Å². The van der Waals surface area contributed by atoms with Gasteiger partial charge < -0.3 is 5.32 Å². The van der Waals surface area contributed by atoms with Crippen molar-refractivity contribution in [1.29, 1.82) is 5.26 Å². The Balaban J connectivity index is 1.90. The molecule has 1 N–H and O–H groups in total. The summed E-state index contributed by atoms with van der Waals surface area (Å²) < 4.78 is 0. The number of benzene rings is 1. The zero-order chi connectivity index (χ0) is 15.7. The monoisotopic (exact) mass is 314 g/mol. The van der Waals surface area contributed by atoms with Gasteiger partial charge in [-0.05, 0) is 31.7 Å². The third-order valence-electron chi connectivity index (χ3n) is 3.64. The molecule has 1 aliphatic rings. The van der Waals surface area contributed by atoms with Crippen molar-refractivity contribution in [2.75, 3.05) is 5.32 Å². The van der Waals surface area contributed by atoms with Crippen LogP contribution in [0.25, 0.3) is 0 Å². The summed E-state index contributed by atoms with van der Waals surface area (Å²) in [6.45, 7) is 1.95. The number of aromatic nitrogens is 1. The number of nitriles is 1. The van der Waals surface area contributed by atoms with E-state index in [4.69, 9.17) is 0 Å². The van der Waals surface area contributed by atoms with Crippen LogP contribution in [0.5, 0.6) is 0 Å². The SMILES string of the molecule is Cc1csc([C@H](Nc2ccc([N+](=O)[O-])cc2C#N)C2CC2)n1. The van der Waals surface area contributed by atoms with Crippen molar-refractivity contribution >= 4 is 22.7 Å². The summed E-state index contributed by atoms with van der Waals surface area (Å²) in [5.41, 5.74) is 1.82. The maximum absolute atomic E-state index is 10.8. The van der Waals surface area contributed by atoms with Gasteiger partial charge in [0.1, 0.15) is 11.1 Å². The van der Waals surface area contributed by atoms with Gasteiger partial charge in [0.25, 0.3) is 5.69 Å². The number of nitro groups is 1. The first-order valence-corrected chi connectivity index (χ1v) is 7.83. The molecule has 112 valence electrons. The van der Waals surface area contributed by atoms with Crippen LogP contribution in [0.15, 0.2) is 23.6 Å². The molecule has 0 spiro atoms. The first-order valence-electron chi connectivity index (χ1n) is 6.95. The van der Waals surface area contributed by atoms with Gasteiger partial charge in [0.2, 0.25) is 0 Å². The van der Waals surface area contributed by atoms with Crippen LogP contribution >= 0.6 is 11.3 Å². The highest BCUT2D eigenvalue weighted by Crippen LogP contribution is 2.44. The lowest BCUT2D eigenvalue weighted by Gasteiger charge is -2.18. The third-order valence-corrected chi connectivity index (χ3v) is 4.69. The second kappa shape index (κ2) is 5.73. The highest BCUT2D eigenvalue weighted by atomic mass is 32.1. The average molecular weight is 314 g/mol. The molecule has 6 nitrogen and oxygen atoms in total. The maximum atomic E-state index is 10.8. The number of anilines is 1. The van der Waals surface area contributed by atoms with E-state index in [1.54, 1.807) is 17.4 Å². The molecule has 1 aromatic carbocycles. The number of nitro benzene ring substituents is 1. The van der Waals surface area contributed by atoms with Crippen molar-refractivity contribution in [2.24, 2.45) is 5.92 Å². The van der Waals surface area contributed by atoms with Crippen LogP contribution in [0.4, 0.5) is 11.4 Å². The Labute approximate surface area is 131 Å². The predicted molar refractivity (Wildman–Crippen MR) is 83.8 cm³/mol. The van der Waals surface area contributed by atoms with Crippen LogP contribution in [-0.4, -0.2) is 9.91 Å². The number of rotatable bonds is 5. The number of hydrogen-bond acceptors (Lipinski definition) is 6. The van der Waals surface area contributed by atoms with Gasteiger partial charge >= 0.3 is 0 Å². The highest BCUT2D eigenvalue weighted by molar-refractivity contribution is 7.09. The highest BCUT2D eigenvalue weighted by Gasteiger charge is 2.34. The van der Waals surface area contributed by atoms with E-state index in [2.05, 4.69) is 10.3 Å². The standard InChI is InChI=1S/C15H14N4O2S/c1-9-8-22-15(17-9)14(10-2-3-10)18-13-5-4-12(19(20)21)6-11(13)7-16/h4-6,8,10,14,18H,2-3H2,1H3/t14-/m1/s1. The summed E-state index contributed by atoms with van der Waals surface area (Å²) in [4.78, 5) is 14.9. The molecule has 22 heavy (non-hydrogen) atoms. The lowest BCUT2D eigenvalue weighted by atomic mass is 10.1. The Hall–Kier alpha value is -2.46. The zero-order valence-corrected chi connectivity index (χ0v) is 12.8. The number of nitrogens with zero attached hydrogens (tertiary/aromatic N) is 3. The smallest absolute Gasteiger partial charge is 0.270 e. The van der Waals surface area contributed by atoms with Gasteiger partial charge in [-0.15, -0.1) is 11.3 Å². The Kier molecular flexibility index (Phi) is 3.77. The number of non-ortho nitro benzene ring substituents is 1. The minimum Gasteiger partial charge on any atom is -0.374 e. The minimum absolute atomic E-state index is 0.0623. The first-order chi connectivity index (χ1) is 10.6. The van der Waals surface area contributed by atoms with E-state index in [1.165, 1.54) is 12.1 Å². The van der Waals surface area contributed by atoms with Crippen molar-refractivity contribution in [2.45, 2.75) is 25.8 Å². The fourth-order valence-electron chi connectivity index (χ4n) is 2.36. The molecule has 7 heteroatoms. The van der Waals surface area contributed by atoms with Crippen molar-refractivity contribution in [3.63, 3.8) is 0 Å². The molecule has 1 heterocycles. The van der Waals surface area contributed by atoms with Crippen LogP contribution in [0.1, 0.15) is 35.1 Å². The van der Waals surface area contributed by atoms with E-state index in [9.17, 15) is 15.4 Å². The van der Waals surface area contributed by atoms with E-state index in [-0.39, 0.29) is 17.3 Å². The van der Waals surface area contributed by atoms with Crippen LogP contribution in [0, 0.1) is 34.3 Å².